The molecule has 5 aromatic carbocycles. The standard InChI is InChI=1S/C42H38F4O2/c1-26-6-10-29(11-7-26)41(30-12-14-31(47-4)15-13-30)20-18-34-38-37(32-16-8-27(2)24-35(32)39(34)48-41)33-17-9-28(3)25-36(33)40(38,19-5-23-43)21-22-42(44,45)46/h6-18,20,24-25H,5,19,21-23H2,1-4H3. The monoisotopic (exact) mass is 650 g/mol. The Bertz CT molecular complexity index is 2040. The Hall–Kier alpha value is -4.58. The first kappa shape index (κ1) is 32.0. The first-order valence-corrected chi connectivity index (χ1v) is 16.4. The molecule has 0 spiro atoms. The topological polar surface area (TPSA) is 18.5 Å². The summed E-state index contributed by atoms with van der Waals surface area (Å²) < 4.78 is 69.2. The van der Waals surface area contributed by atoms with Gasteiger partial charge in [0.15, 0.2) is 5.60 Å². The third-order valence-corrected chi connectivity index (χ3v) is 10.2. The summed E-state index contributed by atoms with van der Waals surface area (Å²) in [4.78, 5) is 0. The second-order valence-electron chi connectivity index (χ2n) is 13.3. The van der Waals surface area contributed by atoms with Crippen LogP contribution in [0.25, 0.3) is 28.0 Å². The van der Waals surface area contributed by atoms with Gasteiger partial charge < -0.3 is 9.47 Å². The minimum Gasteiger partial charge on any atom is -0.497 e. The van der Waals surface area contributed by atoms with Crippen LogP contribution < -0.4 is 9.47 Å². The third-order valence-electron chi connectivity index (χ3n) is 10.2. The van der Waals surface area contributed by atoms with E-state index >= 15 is 0 Å². The molecule has 0 saturated heterocycles. The van der Waals surface area contributed by atoms with Crippen LogP contribution >= 0.6 is 0 Å². The van der Waals surface area contributed by atoms with Gasteiger partial charge in [-0.2, -0.15) is 13.2 Å². The fraction of sp³-hybridized carbons (Fsp3) is 0.286. The van der Waals surface area contributed by atoms with Gasteiger partial charge in [-0.3, -0.25) is 4.39 Å². The SMILES string of the molecule is COc1ccc(C2(c3ccc(C)cc3)C=Cc3c4c(c5ccc(C)cc5c3O2)-c2ccc(C)cc2C4(CCCF)CCC(F)(F)F)cc1. The molecule has 0 bridgehead atoms. The molecule has 2 nitrogen and oxygen atoms in total. The fourth-order valence-corrected chi connectivity index (χ4v) is 7.92. The van der Waals surface area contributed by atoms with Crippen molar-refractivity contribution >= 4 is 16.8 Å². The predicted molar refractivity (Wildman–Crippen MR) is 185 cm³/mol. The molecule has 6 heteroatoms. The zero-order valence-corrected chi connectivity index (χ0v) is 27.6. The molecule has 2 atom stereocenters. The summed E-state index contributed by atoms with van der Waals surface area (Å²) in [7, 11) is 1.63. The number of hydrogen-bond acceptors (Lipinski definition) is 2. The second kappa shape index (κ2) is 11.8. The van der Waals surface area contributed by atoms with Crippen LogP contribution in [0.15, 0.2) is 91.0 Å². The van der Waals surface area contributed by atoms with Crippen molar-refractivity contribution in [1.29, 1.82) is 0 Å². The molecule has 2 aliphatic rings. The van der Waals surface area contributed by atoms with Crippen LogP contribution in [0.1, 0.15) is 70.2 Å². The van der Waals surface area contributed by atoms with Crippen molar-refractivity contribution in [2.45, 2.75) is 63.6 Å². The van der Waals surface area contributed by atoms with Crippen LogP contribution in [-0.2, 0) is 11.0 Å². The van der Waals surface area contributed by atoms with Crippen LogP contribution in [-0.4, -0.2) is 20.0 Å². The largest absolute Gasteiger partial charge is 0.497 e. The highest BCUT2D eigenvalue weighted by atomic mass is 19.4. The maximum Gasteiger partial charge on any atom is 0.389 e. The van der Waals surface area contributed by atoms with Gasteiger partial charge in [-0.15, -0.1) is 0 Å². The highest BCUT2D eigenvalue weighted by Crippen LogP contribution is 2.61. The molecule has 1 heterocycles. The van der Waals surface area contributed by atoms with Gasteiger partial charge in [-0.05, 0) is 91.9 Å². The number of ether oxygens (including phenoxy) is 2. The number of alkyl halides is 4. The molecular formula is C42H38F4O2. The van der Waals surface area contributed by atoms with Crippen LogP contribution in [0.5, 0.6) is 11.5 Å². The van der Waals surface area contributed by atoms with Crippen molar-refractivity contribution < 1.29 is 27.0 Å². The van der Waals surface area contributed by atoms with E-state index < -0.39 is 30.3 Å². The van der Waals surface area contributed by atoms with Gasteiger partial charge in [0.25, 0.3) is 0 Å². The van der Waals surface area contributed by atoms with E-state index in [9.17, 15) is 17.6 Å². The van der Waals surface area contributed by atoms with E-state index in [4.69, 9.17) is 9.47 Å². The molecule has 0 saturated carbocycles. The zero-order valence-electron chi connectivity index (χ0n) is 27.6. The molecule has 0 fully saturated rings. The number of fused-ring (bicyclic) bond motifs is 8. The van der Waals surface area contributed by atoms with Crippen LogP contribution in [0.2, 0.25) is 0 Å². The molecule has 0 radical (unpaired) electrons. The van der Waals surface area contributed by atoms with Crippen molar-refractivity contribution in [2.75, 3.05) is 13.8 Å². The van der Waals surface area contributed by atoms with Gasteiger partial charge in [0.05, 0.1) is 13.8 Å². The molecular weight excluding hydrogens is 612 g/mol. The number of methoxy groups -OCH3 is 1. The Morgan fingerprint density at radius 3 is 2.06 bits per heavy atom. The van der Waals surface area contributed by atoms with Gasteiger partial charge in [0, 0.05) is 33.9 Å². The summed E-state index contributed by atoms with van der Waals surface area (Å²) in [5, 5.41) is 1.80. The molecule has 1 aliphatic carbocycles. The Labute approximate surface area is 279 Å². The van der Waals surface area contributed by atoms with E-state index in [0.29, 0.717) is 11.5 Å². The van der Waals surface area contributed by atoms with Crippen molar-refractivity contribution in [1.82, 2.24) is 0 Å². The first-order valence-electron chi connectivity index (χ1n) is 16.4. The second-order valence-corrected chi connectivity index (χ2v) is 13.3. The van der Waals surface area contributed by atoms with Gasteiger partial charge in [-0.25, -0.2) is 0 Å². The Kier molecular flexibility index (Phi) is 7.89. The van der Waals surface area contributed by atoms with Gasteiger partial charge in [-0.1, -0.05) is 89.5 Å². The van der Waals surface area contributed by atoms with E-state index in [-0.39, 0.29) is 19.3 Å². The van der Waals surface area contributed by atoms with Crippen LogP contribution in [0.4, 0.5) is 17.6 Å². The van der Waals surface area contributed by atoms with Gasteiger partial charge in [0.2, 0.25) is 0 Å². The molecule has 5 aromatic rings. The number of rotatable bonds is 8. The lowest BCUT2D eigenvalue weighted by Gasteiger charge is -2.40. The Morgan fingerprint density at radius 1 is 0.750 bits per heavy atom. The zero-order chi connectivity index (χ0) is 33.8. The molecule has 0 N–H and O–H groups in total. The first-order chi connectivity index (χ1) is 23.0. The fourth-order valence-electron chi connectivity index (χ4n) is 7.92. The Balaban J connectivity index is 1.57. The lowest BCUT2D eigenvalue weighted by atomic mass is 9.68. The van der Waals surface area contributed by atoms with Gasteiger partial charge >= 0.3 is 6.18 Å². The van der Waals surface area contributed by atoms with E-state index in [1.807, 2.05) is 81.5 Å². The highest BCUT2D eigenvalue weighted by Gasteiger charge is 2.49. The van der Waals surface area contributed by atoms with Crippen molar-refractivity contribution in [2.24, 2.45) is 0 Å². The van der Waals surface area contributed by atoms with Gasteiger partial charge in [0.1, 0.15) is 11.5 Å². The molecule has 1 aliphatic heterocycles. The maximum atomic E-state index is 14.1. The molecule has 0 aromatic heterocycles. The third kappa shape index (κ3) is 5.17. The molecule has 246 valence electrons. The number of halogens is 4. The summed E-state index contributed by atoms with van der Waals surface area (Å²) in [6.07, 6.45) is -1.06. The number of benzene rings is 5. The summed E-state index contributed by atoms with van der Waals surface area (Å²) in [6, 6.07) is 28.3. The normalized spacial score (nSPS) is 19.5. The lowest BCUT2D eigenvalue weighted by molar-refractivity contribution is -0.137. The van der Waals surface area contributed by atoms with E-state index in [1.54, 1.807) is 7.11 Å². The maximum absolute atomic E-state index is 14.1. The molecule has 2 unspecified atom stereocenters. The van der Waals surface area contributed by atoms with Crippen molar-refractivity contribution in [3.63, 3.8) is 0 Å². The quantitative estimate of drug-likeness (QED) is 0.156. The highest BCUT2D eigenvalue weighted by molar-refractivity contribution is 6.08. The average Bonchev–Trinajstić information content (AvgIpc) is 3.35. The lowest BCUT2D eigenvalue weighted by Crippen LogP contribution is -2.35. The number of hydrogen-bond donors (Lipinski definition) is 0. The molecule has 0 amide bonds. The van der Waals surface area contributed by atoms with Crippen LogP contribution in [0, 0.1) is 20.8 Å². The molecule has 48 heavy (non-hydrogen) atoms. The van der Waals surface area contributed by atoms with E-state index in [2.05, 4.69) is 36.4 Å². The number of aryl methyl sites for hydroxylation is 3. The minimum atomic E-state index is -4.37. The average molecular weight is 651 g/mol. The minimum absolute atomic E-state index is 0.148. The smallest absolute Gasteiger partial charge is 0.389 e. The van der Waals surface area contributed by atoms with E-state index in [0.717, 1.165) is 66.4 Å². The predicted octanol–water partition coefficient (Wildman–Crippen LogP) is 11.5. The molecule has 7 rings (SSSR count). The summed E-state index contributed by atoms with van der Waals surface area (Å²) in [6.45, 7) is 5.41. The Morgan fingerprint density at radius 2 is 1.40 bits per heavy atom. The van der Waals surface area contributed by atoms with Crippen LogP contribution in [0.3, 0.4) is 0 Å². The summed E-state index contributed by atoms with van der Waals surface area (Å²) >= 11 is 0. The van der Waals surface area contributed by atoms with Crippen molar-refractivity contribution in [3.8, 4) is 22.6 Å². The summed E-state index contributed by atoms with van der Waals surface area (Å²) in [5.74, 6) is 1.33. The summed E-state index contributed by atoms with van der Waals surface area (Å²) in [5.41, 5.74) is 7.04. The van der Waals surface area contributed by atoms with Crippen molar-refractivity contribution in [3.05, 3.63) is 136 Å². The van der Waals surface area contributed by atoms with E-state index in [1.165, 1.54) is 0 Å².